The van der Waals surface area contributed by atoms with Crippen LogP contribution >= 0.6 is 46.7 Å². The van der Waals surface area contributed by atoms with Crippen molar-refractivity contribution in [1.29, 1.82) is 0 Å². The first kappa shape index (κ1) is 13.8. The van der Waals surface area contributed by atoms with E-state index in [1.54, 1.807) is 0 Å². The minimum absolute atomic E-state index is 3.22. The number of rotatable bonds is 0. The van der Waals surface area contributed by atoms with Gasteiger partial charge in [-0.25, -0.2) is 4.57 Å². The summed E-state index contributed by atoms with van der Waals surface area (Å²) in [4.78, 5) is 21.6. The van der Waals surface area contributed by atoms with Gasteiger partial charge in [0.1, 0.15) is 0 Å². The number of phosphoric acid groups is 1. The molecule has 3 N–H and O–H groups in total. The van der Waals surface area contributed by atoms with E-state index in [-0.39, 0.29) is 0 Å². The second-order valence-corrected chi connectivity index (χ2v) is 8.58. The van der Waals surface area contributed by atoms with Gasteiger partial charge in [-0.1, -0.05) is 0 Å². The Morgan fingerprint density at radius 1 is 0.900 bits per heavy atom. The van der Waals surface area contributed by atoms with Crippen molar-refractivity contribution in [2.45, 2.75) is 0 Å². The molecule has 0 aromatic heterocycles. The van der Waals surface area contributed by atoms with Gasteiger partial charge in [-0.15, -0.1) is 0 Å². The summed E-state index contributed by atoms with van der Waals surface area (Å²) in [5.74, 6) is 0. The van der Waals surface area contributed by atoms with E-state index < -0.39 is 13.0 Å². The van der Waals surface area contributed by atoms with Crippen LogP contribution in [0.15, 0.2) is 0 Å². The zero-order valence-electron chi connectivity index (χ0n) is 4.19. The molecule has 0 aromatic carbocycles. The predicted octanol–water partition coefficient (Wildman–Crippen LogP) is 1.88. The predicted molar refractivity (Wildman–Crippen MR) is 39.4 cm³/mol. The molecule has 0 spiro atoms. The summed E-state index contributed by atoms with van der Waals surface area (Å²) >= 11 is 13.8. The van der Waals surface area contributed by atoms with Gasteiger partial charge in [0.05, 0.1) is 0 Å². The Morgan fingerprint density at radius 3 is 0.900 bits per heavy atom. The van der Waals surface area contributed by atoms with Crippen LogP contribution in [-0.2, 0) is 9.13 Å². The Morgan fingerprint density at radius 2 is 0.900 bits per heavy atom. The molecule has 0 saturated carbocycles. The van der Waals surface area contributed by atoms with Gasteiger partial charge in [0.25, 0.3) is 0 Å². The molecule has 0 atom stereocenters. The molecule has 0 radical (unpaired) electrons. The van der Waals surface area contributed by atoms with Crippen molar-refractivity contribution >= 4 is 46.7 Å². The molecule has 10 heteroatoms. The smallest absolute Gasteiger partial charge is 0.303 e. The molecule has 0 aliphatic heterocycles. The van der Waals surface area contributed by atoms with Crippen molar-refractivity contribution in [3.05, 3.63) is 0 Å². The summed E-state index contributed by atoms with van der Waals surface area (Å²) < 4.78 is 18.4. The maximum atomic E-state index is 9.51. The van der Waals surface area contributed by atoms with E-state index >= 15 is 0 Å². The van der Waals surface area contributed by atoms with E-state index in [9.17, 15) is 4.57 Å². The molecule has 0 bridgehead atoms. The molecular formula is H3Cl3O5P2. The van der Waals surface area contributed by atoms with E-state index in [1.807, 2.05) is 0 Å². The van der Waals surface area contributed by atoms with Crippen molar-refractivity contribution < 1.29 is 23.8 Å². The lowest BCUT2D eigenvalue weighted by molar-refractivity contribution is 0.275. The molecular weight excluding hydrogens is 248 g/mol. The van der Waals surface area contributed by atoms with Crippen molar-refractivity contribution in [1.82, 2.24) is 0 Å². The van der Waals surface area contributed by atoms with Crippen molar-refractivity contribution in [3.8, 4) is 0 Å². The average Bonchev–Trinajstić information content (AvgIpc) is 1.12. The summed E-state index contributed by atoms with van der Waals surface area (Å²) in [6.45, 7) is 0. The molecule has 0 heterocycles. The summed E-state index contributed by atoms with van der Waals surface area (Å²) in [7, 11) is -4.64. The first-order chi connectivity index (χ1) is 4.00. The zero-order valence-corrected chi connectivity index (χ0v) is 8.24. The van der Waals surface area contributed by atoms with Crippen LogP contribution in [0, 0.1) is 0 Å². The van der Waals surface area contributed by atoms with E-state index in [0.717, 1.165) is 0 Å². The van der Waals surface area contributed by atoms with Crippen LogP contribution in [0.25, 0.3) is 0 Å². The molecule has 0 fully saturated rings. The highest BCUT2D eigenvalue weighted by atomic mass is 36.0. The topological polar surface area (TPSA) is 94.8 Å². The fraction of sp³-hybridized carbons (Fsp3) is 0. The second-order valence-electron chi connectivity index (χ2n) is 0.912. The van der Waals surface area contributed by atoms with Crippen LogP contribution in [-0.4, -0.2) is 14.7 Å². The standard InChI is InChI=1S/Cl3OP.H3O4P/c2*1-5(2,3)4/h;(H3,1,2,3,4). The number of halogens is 3. The first-order valence-corrected chi connectivity index (χ1v) is 7.46. The Balaban J connectivity index is 0. The maximum Gasteiger partial charge on any atom is 0.466 e. The highest BCUT2D eigenvalue weighted by Crippen LogP contribution is 2.61. The zero-order chi connectivity index (χ0) is 9.00. The van der Waals surface area contributed by atoms with E-state index in [0.29, 0.717) is 0 Å². The van der Waals surface area contributed by atoms with E-state index in [4.69, 9.17) is 19.2 Å². The molecule has 5 nitrogen and oxygen atoms in total. The lowest BCUT2D eigenvalue weighted by atomic mass is 15.8. The van der Waals surface area contributed by atoms with Gasteiger partial charge in [0, 0.05) is 0 Å². The van der Waals surface area contributed by atoms with E-state index in [1.165, 1.54) is 0 Å². The normalized spacial score (nSPS) is 11.8. The Hall–Kier alpha value is 1.21. The fourth-order valence-electron chi connectivity index (χ4n) is 0. The molecule has 0 saturated heterocycles. The van der Waals surface area contributed by atoms with Crippen LogP contribution < -0.4 is 0 Å². The molecule has 0 aromatic rings. The lowest BCUT2D eigenvalue weighted by Gasteiger charge is -1.82. The summed E-state index contributed by atoms with van der Waals surface area (Å²) in [6.07, 6.45) is 0. The molecule has 0 amide bonds. The van der Waals surface area contributed by atoms with Gasteiger partial charge in [0.15, 0.2) is 0 Å². The van der Waals surface area contributed by atoms with Gasteiger partial charge in [-0.05, 0) is 33.7 Å². The third-order valence-corrected chi connectivity index (χ3v) is 0. The van der Waals surface area contributed by atoms with Gasteiger partial charge < -0.3 is 14.7 Å². The van der Waals surface area contributed by atoms with Gasteiger partial charge in [-0.3, -0.25) is 4.57 Å². The first-order valence-electron chi connectivity index (χ1n) is 1.47. The number of hydrogen-bond acceptors (Lipinski definition) is 2. The monoisotopic (exact) mass is 250 g/mol. The van der Waals surface area contributed by atoms with Crippen LogP contribution in [0.1, 0.15) is 0 Å². The summed E-state index contributed by atoms with van der Waals surface area (Å²) in [6, 6.07) is 0. The van der Waals surface area contributed by atoms with Gasteiger partial charge >= 0.3 is 13.0 Å². The van der Waals surface area contributed by atoms with Crippen LogP contribution in [0.5, 0.6) is 0 Å². The quantitative estimate of drug-likeness (QED) is 0.571. The molecule has 0 rings (SSSR count). The van der Waals surface area contributed by atoms with Crippen LogP contribution in [0.2, 0.25) is 0 Å². The lowest BCUT2D eigenvalue weighted by Crippen LogP contribution is -1.66. The summed E-state index contributed by atoms with van der Waals surface area (Å²) in [5, 5.41) is -3.22. The summed E-state index contributed by atoms with van der Waals surface area (Å²) in [5.41, 5.74) is 0. The fourth-order valence-corrected chi connectivity index (χ4v) is 0. The minimum Gasteiger partial charge on any atom is -0.303 e. The van der Waals surface area contributed by atoms with Crippen molar-refractivity contribution in [2.75, 3.05) is 0 Å². The Bertz CT molecular complexity index is 127. The van der Waals surface area contributed by atoms with E-state index in [2.05, 4.69) is 33.7 Å². The van der Waals surface area contributed by atoms with Gasteiger partial charge in [0.2, 0.25) is 0 Å². The maximum absolute atomic E-state index is 9.51. The Kier molecular flexibility index (Phi) is 6.84. The molecule has 0 unspecified atom stereocenters. The molecule has 0 aliphatic carbocycles. The third kappa shape index (κ3) is 424. The third-order valence-electron chi connectivity index (χ3n) is 0. The van der Waals surface area contributed by atoms with Crippen molar-refractivity contribution in [2.24, 2.45) is 0 Å². The highest BCUT2D eigenvalue weighted by molar-refractivity contribution is 8.24. The number of hydrogen-bond donors (Lipinski definition) is 3. The largest absolute Gasteiger partial charge is 0.466 e. The average molecular weight is 251 g/mol. The van der Waals surface area contributed by atoms with Gasteiger partial charge in [-0.2, -0.15) is 0 Å². The van der Waals surface area contributed by atoms with Crippen LogP contribution in [0.3, 0.4) is 0 Å². The second kappa shape index (κ2) is 4.96. The SMILES string of the molecule is O=P(Cl)(Cl)Cl.O=P(O)(O)O. The minimum atomic E-state index is -4.64. The molecule has 64 valence electrons. The molecule has 10 heavy (non-hydrogen) atoms. The van der Waals surface area contributed by atoms with Crippen molar-refractivity contribution in [3.63, 3.8) is 0 Å². The van der Waals surface area contributed by atoms with Crippen LogP contribution in [0.4, 0.5) is 0 Å². The Labute approximate surface area is 70.9 Å². The highest BCUT2D eigenvalue weighted by Gasteiger charge is 2.03. The molecule has 0 aliphatic rings.